The first-order valence-electron chi connectivity index (χ1n) is 10.1. The first-order chi connectivity index (χ1) is 14.4. The van der Waals surface area contributed by atoms with E-state index in [-0.39, 0.29) is 17.6 Å². The number of likely N-dealkylation sites (tertiary alicyclic amines) is 1. The van der Waals surface area contributed by atoms with Crippen LogP contribution in [0.2, 0.25) is 5.02 Å². The lowest BCUT2D eigenvalue weighted by Gasteiger charge is -2.48. The predicted octanol–water partition coefficient (Wildman–Crippen LogP) is 1.56. The second-order valence-electron chi connectivity index (χ2n) is 7.52. The van der Waals surface area contributed by atoms with Crippen LogP contribution in [0.1, 0.15) is 12.5 Å². The number of terminal acetylenes is 1. The second kappa shape index (κ2) is 9.41. The van der Waals surface area contributed by atoms with Gasteiger partial charge in [0.1, 0.15) is 5.75 Å². The highest BCUT2D eigenvalue weighted by atomic mass is 35.5. The van der Waals surface area contributed by atoms with Crippen LogP contribution in [0.4, 0.5) is 5.69 Å². The largest absolute Gasteiger partial charge is 0.506 e. The standard InChI is InChI=1S/C22H27ClN4O3/c1-4-15-11-19(20(28)12-17(15)23)24-18(5-2)22(30)26-9-7-25(8-10-26)16-13-27(14-16)21(29)6-3/h2,6,11-12,16,18,24,28H,3-4,7-10,13-14H2,1H3/t18-/m0/s1. The van der Waals surface area contributed by atoms with Crippen molar-refractivity contribution in [3.05, 3.63) is 35.4 Å². The molecule has 2 amide bonds. The van der Waals surface area contributed by atoms with Gasteiger partial charge in [-0.3, -0.25) is 14.5 Å². The summed E-state index contributed by atoms with van der Waals surface area (Å²) in [5, 5.41) is 13.6. The first-order valence-corrected chi connectivity index (χ1v) is 10.4. The number of anilines is 1. The number of aryl methyl sites for hydroxylation is 1. The van der Waals surface area contributed by atoms with Gasteiger partial charge in [-0.05, 0) is 24.1 Å². The van der Waals surface area contributed by atoms with E-state index in [9.17, 15) is 14.7 Å². The summed E-state index contributed by atoms with van der Waals surface area (Å²) < 4.78 is 0. The lowest BCUT2D eigenvalue weighted by atomic mass is 10.1. The molecular formula is C22H27ClN4O3. The number of nitrogens with one attached hydrogen (secondary N) is 1. The smallest absolute Gasteiger partial charge is 0.257 e. The molecule has 30 heavy (non-hydrogen) atoms. The van der Waals surface area contributed by atoms with Gasteiger partial charge in [-0.25, -0.2) is 0 Å². The van der Waals surface area contributed by atoms with Gasteiger partial charge in [0, 0.05) is 56.4 Å². The molecule has 1 aromatic carbocycles. The summed E-state index contributed by atoms with van der Waals surface area (Å²) >= 11 is 6.11. The van der Waals surface area contributed by atoms with E-state index >= 15 is 0 Å². The van der Waals surface area contributed by atoms with Crippen LogP contribution in [0, 0.1) is 12.3 Å². The van der Waals surface area contributed by atoms with Crippen LogP contribution < -0.4 is 5.32 Å². The third kappa shape index (κ3) is 4.55. The van der Waals surface area contributed by atoms with E-state index in [1.54, 1.807) is 15.9 Å². The molecule has 0 spiro atoms. The Bertz CT molecular complexity index is 868. The number of hydrogen-bond donors (Lipinski definition) is 2. The van der Waals surface area contributed by atoms with Crippen LogP contribution in [-0.2, 0) is 16.0 Å². The molecule has 0 aliphatic carbocycles. The maximum atomic E-state index is 12.9. The zero-order chi connectivity index (χ0) is 21.8. The number of phenols is 1. The van der Waals surface area contributed by atoms with E-state index in [1.807, 2.05) is 6.92 Å². The minimum Gasteiger partial charge on any atom is -0.506 e. The van der Waals surface area contributed by atoms with E-state index in [0.717, 1.165) is 18.7 Å². The molecule has 8 heteroatoms. The number of hydrogen-bond acceptors (Lipinski definition) is 5. The zero-order valence-electron chi connectivity index (χ0n) is 17.1. The molecule has 7 nitrogen and oxygen atoms in total. The quantitative estimate of drug-likeness (QED) is 0.407. The van der Waals surface area contributed by atoms with Crippen LogP contribution in [0.15, 0.2) is 24.8 Å². The van der Waals surface area contributed by atoms with E-state index in [2.05, 4.69) is 22.7 Å². The molecule has 0 unspecified atom stereocenters. The third-order valence-corrected chi connectivity index (χ3v) is 6.10. The molecule has 0 saturated carbocycles. The summed E-state index contributed by atoms with van der Waals surface area (Å²) in [6, 6.07) is 2.63. The van der Waals surface area contributed by atoms with Crippen molar-refractivity contribution in [1.29, 1.82) is 0 Å². The lowest BCUT2D eigenvalue weighted by Crippen LogP contribution is -2.64. The fraction of sp³-hybridized carbons (Fsp3) is 0.455. The van der Waals surface area contributed by atoms with E-state index < -0.39 is 6.04 Å². The molecular weight excluding hydrogens is 404 g/mol. The van der Waals surface area contributed by atoms with Gasteiger partial charge in [0.25, 0.3) is 5.91 Å². The Balaban J connectivity index is 1.56. The number of carbonyl (C=O) groups is 2. The molecule has 0 aromatic heterocycles. The van der Waals surface area contributed by atoms with Gasteiger partial charge >= 0.3 is 0 Å². The number of rotatable bonds is 6. The minimum absolute atomic E-state index is 0.0420. The Hall–Kier alpha value is -2.69. The Morgan fingerprint density at radius 1 is 1.33 bits per heavy atom. The Labute approximate surface area is 182 Å². The number of nitrogens with zero attached hydrogens (tertiary/aromatic N) is 3. The maximum Gasteiger partial charge on any atom is 0.257 e. The minimum atomic E-state index is -0.877. The van der Waals surface area contributed by atoms with E-state index in [0.29, 0.717) is 49.4 Å². The molecule has 2 aliphatic heterocycles. The predicted molar refractivity (Wildman–Crippen MR) is 117 cm³/mol. The number of benzene rings is 1. The molecule has 0 bridgehead atoms. The molecule has 3 rings (SSSR count). The molecule has 2 heterocycles. The van der Waals surface area contributed by atoms with Crippen molar-refractivity contribution >= 4 is 29.1 Å². The van der Waals surface area contributed by atoms with Gasteiger partial charge in [-0.1, -0.05) is 31.0 Å². The highest BCUT2D eigenvalue weighted by molar-refractivity contribution is 6.31. The fourth-order valence-electron chi connectivity index (χ4n) is 3.81. The molecule has 2 saturated heterocycles. The highest BCUT2D eigenvalue weighted by Crippen LogP contribution is 2.31. The average molecular weight is 431 g/mol. The van der Waals surface area contributed by atoms with Crippen molar-refractivity contribution in [2.75, 3.05) is 44.6 Å². The summed E-state index contributed by atoms with van der Waals surface area (Å²) in [4.78, 5) is 30.3. The number of aromatic hydroxyl groups is 1. The summed E-state index contributed by atoms with van der Waals surface area (Å²) in [5.74, 6) is 2.22. The molecule has 1 atom stereocenters. The molecule has 2 aliphatic rings. The summed E-state index contributed by atoms with van der Waals surface area (Å²) in [6.07, 6.45) is 7.65. The van der Waals surface area contributed by atoms with Gasteiger partial charge in [0.15, 0.2) is 6.04 Å². The van der Waals surface area contributed by atoms with Gasteiger partial charge < -0.3 is 20.2 Å². The lowest BCUT2D eigenvalue weighted by molar-refractivity contribution is -0.136. The van der Waals surface area contributed by atoms with Gasteiger partial charge in [-0.2, -0.15) is 0 Å². The average Bonchev–Trinajstić information content (AvgIpc) is 2.72. The van der Waals surface area contributed by atoms with Gasteiger partial charge in [-0.15, -0.1) is 6.42 Å². The molecule has 0 radical (unpaired) electrons. The number of amides is 2. The monoisotopic (exact) mass is 430 g/mol. The van der Waals surface area contributed by atoms with Gasteiger partial charge in [0.2, 0.25) is 5.91 Å². The van der Waals surface area contributed by atoms with Crippen molar-refractivity contribution in [2.24, 2.45) is 0 Å². The van der Waals surface area contributed by atoms with Crippen LogP contribution in [-0.4, -0.2) is 83.0 Å². The fourth-order valence-corrected chi connectivity index (χ4v) is 4.10. The second-order valence-corrected chi connectivity index (χ2v) is 7.93. The number of halogens is 1. The molecule has 2 fully saturated rings. The zero-order valence-corrected chi connectivity index (χ0v) is 17.9. The molecule has 2 N–H and O–H groups in total. The molecule has 160 valence electrons. The number of piperazine rings is 1. The van der Waals surface area contributed by atoms with Crippen LogP contribution >= 0.6 is 11.6 Å². The van der Waals surface area contributed by atoms with Crippen LogP contribution in [0.5, 0.6) is 5.75 Å². The molecule has 1 aromatic rings. The summed E-state index contributed by atoms with van der Waals surface area (Å²) in [5.41, 5.74) is 1.26. The summed E-state index contributed by atoms with van der Waals surface area (Å²) in [7, 11) is 0. The third-order valence-electron chi connectivity index (χ3n) is 5.75. The van der Waals surface area contributed by atoms with Crippen LogP contribution in [0.3, 0.4) is 0 Å². The highest BCUT2D eigenvalue weighted by Gasteiger charge is 2.36. The van der Waals surface area contributed by atoms with Crippen molar-refractivity contribution in [2.45, 2.75) is 25.4 Å². The van der Waals surface area contributed by atoms with Crippen molar-refractivity contribution in [3.63, 3.8) is 0 Å². The van der Waals surface area contributed by atoms with E-state index in [4.69, 9.17) is 18.0 Å². The van der Waals surface area contributed by atoms with Crippen molar-refractivity contribution in [3.8, 4) is 18.1 Å². The Morgan fingerprint density at radius 3 is 2.57 bits per heavy atom. The van der Waals surface area contributed by atoms with Crippen molar-refractivity contribution < 1.29 is 14.7 Å². The Morgan fingerprint density at radius 2 is 2.00 bits per heavy atom. The van der Waals surface area contributed by atoms with Crippen LogP contribution in [0.25, 0.3) is 0 Å². The van der Waals surface area contributed by atoms with Gasteiger partial charge in [0.05, 0.1) is 5.69 Å². The summed E-state index contributed by atoms with van der Waals surface area (Å²) in [6.45, 7) is 9.46. The van der Waals surface area contributed by atoms with Crippen molar-refractivity contribution in [1.82, 2.24) is 14.7 Å². The number of carbonyl (C=O) groups excluding carboxylic acids is 2. The normalized spacial score (nSPS) is 18.3. The first kappa shape index (κ1) is 22.0. The Kier molecular flexibility index (Phi) is 6.91. The SMILES string of the molecule is C#C[C@H](Nc1cc(CC)c(Cl)cc1O)C(=O)N1CCN(C2CN(C(=O)C=C)C2)CC1. The van der Waals surface area contributed by atoms with E-state index in [1.165, 1.54) is 12.1 Å². The maximum absolute atomic E-state index is 12.9. The number of phenolic OH excluding ortho intramolecular Hbond substituents is 1. The topological polar surface area (TPSA) is 76.1 Å².